The third-order valence-corrected chi connectivity index (χ3v) is 5.82. The minimum Gasteiger partial charge on any atom is -0.388 e. The number of aliphatic imine (C=N–C) groups is 1. The van der Waals surface area contributed by atoms with Gasteiger partial charge in [0.05, 0.1) is 5.69 Å². The second-order valence-corrected chi connectivity index (χ2v) is 8.10. The predicted octanol–water partition coefficient (Wildman–Crippen LogP) is 6.04. The van der Waals surface area contributed by atoms with E-state index in [9.17, 15) is 4.79 Å². The molecule has 0 aliphatic rings. The molecule has 4 heteroatoms. The highest BCUT2D eigenvalue weighted by Gasteiger charge is 2.11. The lowest BCUT2D eigenvalue weighted by molar-refractivity contribution is -0.120. The van der Waals surface area contributed by atoms with Crippen molar-refractivity contribution in [3.8, 4) is 12.3 Å². The Morgan fingerprint density at radius 3 is 2.47 bits per heavy atom. The molecule has 0 saturated carbocycles. The van der Waals surface area contributed by atoms with E-state index in [0.717, 1.165) is 60.3 Å². The molecule has 0 aliphatic carbocycles. The molecular weight excluding hydrogens is 394 g/mol. The van der Waals surface area contributed by atoms with Gasteiger partial charge in [0.15, 0.2) is 0 Å². The lowest BCUT2D eigenvalue weighted by Crippen LogP contribution is -2.16. The zero-order valence-corrected chi connectivity index (χ0v) is 20.1. The largest absolute Gasteiger partial charge is 0.388 e. The summed E-state index contributed by atoms with van der Waals surface area (Å²) in [6, 6.07) is 12.4. The number of carbonyl (C=O) groups excluding carboxylic acids is 1. The number of hydrogen-bond donors (Lipinski definition) is 2. The SMILES string of the molecule is C#Cc1cccc(N=C(C)c2cc(CCCCCCCC(=O)NC)c(CC)cc2NC)c1. The van der Waals surface area contributed by atoms with E-state index < -0.39 is 0 Å². The van der Waals surface area contributed by atoms with Gasteiger partial charge in [-0.3, -0.25) is 9.79 Å². The third kappa shape index (κ3) is 7.57. The molecule has 2 N–H and O–H groups in total. The molecule has 0 aromatic heterocycles. The molecule has 0 radical (unpaired) electrons. The second kappa shape index (κ2) is 13.4. The molecule has 2 aromatic rings. The van der Waals surface area contributed by atoms with E-state index in [-0.39, 0.29) is 5.91 Å². The summed E-state index contributed by atoms with van der Waals surface area (Å²) in [7, 11) is 3.66. The van der Waals surface area contributed by atoms with Crippen molar-refractivity contribution in [1.82, 2.24) is 5.32 Å². The molecule has 1 amide bonds. The van der Waals surface area contributed by atoms with Gasteiger partial charge < -0.3 is 10.6 Å². The van der Waals surface area contributed by atoms with E-state index in [2.05, 4.69) is 42.5 Å². The number of unbranched alkanes of at least 4 members (excludes halogenated alkanes) is 4. The Balaban J connectivity index is 2.10. The Kier molecular flexibility index (Phi) is 10.5. The number of carbonyl (C=O) groups is 1. The Bertz CT molecular complexity index is 969. The summed E-state index contributed by atoms with van der Waals surface area (Å²) in [5.41, 5.74) is 7.72. The molecule has 0 heterocycles. The molecule has 0 saturated heterocycles. The number of nitrogens with one attached hydrogen (secondary N) is 2. The lowest BCUT2D eigenvalue weighted by Gasteiger charge is -2.16. The zero-order valence-electron chi connectivity index (χ0n) is 20.1. The molecule has 0 spiro atoms. The van der Waals surface area contributed by atoms with Gasteiger partial charge in [-0.15, -0.1) is 6.42 Å². The van der Waals surface area contributed by atoms with Crippen LogP contribution in [0, 0.1) is 12.3 Å². The molecule has 4 nitrogen and oxygen atoms in total. The molecule has 0 bridgehead atoms. The molecule has 0 aliphatic heterocycles. The van der Waals surface area contributed by atoms with Crippen molar-refractivity contribution in [2.75, 3.05) is 19.4 Å². The normalized spacial score (nSPS) is 11.2. The van der Waals surface area contributed by atoms with Crippen LogP contribution in [0.5, 0.6) is 0 Å². The van der Waals surface area contributed by atoms with Gasteiger partial charge in [0.2, 0.25) is 5.91 Å². The first-order valence-corrected chi connectivity index (χ1v) is 11.7. The summed E-state index contributed by atoms with van der Waals surface area (Å²) in [6.45, 7) is 4.27. The Morgan fingerprint density at radius 1 is 1.03 bits per heavy atom. The molecule has 0 fully saturated rings. The standard InChI is InChI=1S/C28H37N3O/c1-6-22-14-13-16-25(18-22)31-21(3)26-19-24(23(7-2)20-27(26)29-4)15-11-9-8-10-12-17-28(32)30-5/h1,13-14,16,18-20,29H,7-12,15,17H2,2-5H3,(H,30,32). The molecule has 2 aromatic carbocycles. The number of nitrogens with zero attached hydrogens (tertiary/aromatic N) is 1. The van der Waals surface area contributed by atoms with Gasteiger partial charge in [-0.05, 0) is 74.1 Å². The molecule has 170 valence electrons. The Labute approximate surface area is 193 Å². The van der Waals surface area contributed by atoms with E-state index in [1.54, 1.807) is 7.05 Å². The van der Waals surface area contributed by atoms with Crippen LogP contribution in [-0.4, -0.2) is 25.7 Å². The number of hydrogen-bond acceptors (Lipinski definition) is 3. The Morgan fingerprint density at radius 2 is 1.78 bits per heavy atom. The smallest absolute Gasteiger partial charge is 0.219 e. The first-order valence-electron chi connectivity index (χ1n) is 11.7. The fourth-order valence-corrected chi connectivity index (χ4v) is 3.93. The number of anilines is 1. The number of rotatable bonds is 12. The van der Waals surface area contributed by atoms with Crippen LogP contribution in [0.4, 0.5) is 11.4 Å². The quantitative estimate of drug-likeness (QED) is 0.244. The first kappa shape index (κ1) is 25.2. The van der Waals surface area contributed by atoms with Crippen LogP contribution in [0.25, 0.3) is 0 Å². The average Bonchev–Trinajstić information content (AvgIpc) is 2.82. The van der Waals surface area contributed by atoms with E-state index in [1.807, 2.05) is 31.3 Å². The second-order valence-electron chi connectivity index (χ2n) is 8.10. The average molecular weight is 432 g/mol. The summed E-state index contributed by atoms with van der Waals surface area (Å²) in [4.78, 5) is 16.2. The van der Waals surface area contributed by atoms with E-state index in [4.69, 9.17) is 11.4 Å². The van der Waals surface area contributed by atoms with Crippen molar-refractivity contribution >= 4 is 23.0 Å². The van der Waals surface area contributed by atoms with Crippen LogP contribution in [0.3, 0.4) is 0 Å². The van der Waals surface area contributed by atoms with Crippen molar-refractivity contribution in [2.24, 2.45) is 4.99 Å². The summed E-state index contributed by atoms with van der Waals surface area (Å²) in [5, 5.41) is 6.03. The van der Waals surface area contributed by atoms with Crippen LogP contribution in [0.15, 0.2) is 41.4 Å². The number of amides is 1. The zero-order chi connectivity index (χ0) is 23.3. The summed E-state index contributed by atoms with van der Waals surface area (Å²) in [5.74, 6) is 2.81. The fraction of sp³-hybridized carbons (Fsp3) is 0.429. The topological polar surface area (TPSA) is 53.5 Å². The summed E-state index contributed by atoms with van der Waals surface area (Å²) >= 11 is 0. The molecular formula is C28H37N3O. The van der Waals surface area contributed by atoms with Gasteiger partial charge in [0.25, 0.3) is 0 Å². The van der Waals surface area contributed by atoms with Crippen LogP contribution >= 0.6 is 0 Å². The van der Waals surface area contributed by atoms with Crippen LogP contribution in [-0.2, 0) is 17.6 Å². The van der Waals surface area contributed by atoms with Crippen LogP contribution in [0.1, 0.15) is 74.6 Å². The number of terminal acetylenes is 1. The molecule has 2 rings (SSSR count). The summed E-state index contributed by atoms with van der Waals surface area (Å²) in [6.07, 6.45) is 13.8. The fourth-order valence-electron chi connectivity index (χ4n) is 3.93. The molecule has 0 atom stereocenters. The highest BCUT2D eigenvalue weighted by molar-refractivity contribution is 6.05. The number of benzene rings is 2. The van der Waals surface area contributed by atoms with E-state index in [1.165, 1.54) is 24.0 Å². The minimum absolute atomic E-state index is 0.137. The Hall–Kier alpha value is -3.06. The van der Waals surface area contributed by atoms with Crippen molar-refractivity contribution in [3.05, 3.63) is 58.7 Å². The minimum atomic E-state index is 0.137. The molecule has 0 unspecified atom stereocenters. The van der Waals surface area contributed by atoms with Crippen LogP contribution in [0.2, 0.25) is 0 Å². The van der Waals surface area contributed by atoms with Crippen molar-refractivity contribution in [2.45, 2.75) is 65.2 Å². The van der Waals surface area contributed by atoms with Gasteiger partial charge in [-0.2, -0.15) is 0 Å². The number of aryl methyl sites for hydroxylation is 2. The highest BCUT2D eigenvalue weighted by Crippen LogP contribution is 2.26. The maximum atomic E-state index is 11.3. The van der Waals surface area contributed by atoms with Gasteiger partial charge in [0, 0.05) is 43.0 Å². The maximum absolute atomic E-state index is 11.3. The van der Waals surface area contributed by atoms with Crippen LogP contribution < -0.4 is 10.6 Å². The molecule has 32 heavy (non-hydrogen) atoms. The monoisotopic (exact) mass is 431 g/mol. The van der Waals surface area contributed by atoms with Crippen molar-refractivity contribution < 1.29 is 4.79 Å². The van der Waals surface area contributed by atoms with E-state index >= 15 is 0 Å². The van der Waals surface area contributed by atoms with E-state index in [0.29, 0.717) is 6.42 Å². The van der Waals surface area contributed by atoms with Crippen molar-refractivity contribution in [1.29, 1.82) is 0 Å². The third-order valence-electron chi connectivity index (χ3n) is 5.82. The van der Waals surface area contributed by atoms with Gasteiger partial charge in [-0.1, -0.05) is 38.2 Å². The van der Waals surface area contributed by atoms with Gasteiger partial charge in [-0.25, -0.2) is 0 Å². The highest BCUT2D eigenvalue weighted by atomic mass is 16.1. The summed E-state index contributed by atoms with van der Waals surface area (Å²) < 4.78 is 0. The van der Waals surface area contributed by atoms with Crippen molar-refractivity contribution in [3.63, 3.8) is 0 Å². The first-order chi connectivity index (χ1) is 15.5. The lowest BCUT2D eigenvalue weighted by atomic mass is 9.94. The van der Waals surface area contributed by atoms with Gasteiger partial charge in [0.1, 0.15) is 0 Å². The predicted molar refractivity (Wildman–Crippen MR) is 137 cm³/mol. The van der Waals surface area contributed by atoms with Gasteiger partial charge >= 0.3 is 0 Å². The maximum Gasteiger partial charge on any atom is 0.219 e.